The fraction of sp³-hybridized carbons (Fsp3) is 0.333. The molecule has 0 bridgehead atoms. The number of pyridine rings is 1. The number of carbonyl (C=O) groups excluding carboxylic acids is 1. The SMILES string of the molecule is CCOC(=O)c1cc([N+](=O)[O-])c(C(F)F)nc1Br. The number of ether oxygens (including phenoxy) is 1. The van der Waals surface area contributed by atoms with Gasteiger partial charge >= 0.3 is 5.97 Å². The molecule has 1 rings (SSSR count). The number of hydrogen-bond acceptors (Lipinski definition) is 5. The molecule has 6 nitrogen and oxygen atoms in total. The highest BCUT2D eigenvalue weighted by molar-refractivity contribution is 9.10. The van der Waals surface area contributed by atoms with Crippen molar-refractivity contribution in [1.29, 1.82) is 0 Å². The fourth-order valence-corrected chi connectivity index (χ4v) is 1.62. The summed E-state index contributed by atoms with van der Waals surface area (Å²) in [6, 6.07) is 0.719. The molecule has 18 heavy (non-hydrogen) atoms. The first-order valence-corrected chi connectivity index (χ1v) is 5.47. The van der Waals surface area contributed by atoms with Crippen LogP contribution in [-0.4, -0.2) is 22.5 Å². The van der Waals surface area contributed by atoms with E-state index in [1.807, 2.05) is 0 Å². The number of nitro groups is 1. The third-order valence-electron chi connectivity index (χ3n) is 1.88. The molecule has 0 spiro atoms. The minimum absolute atomic E-state index is 0.0513. The van der Waals surface area contributed by atoms with Gasteiger partial charge in [-0.2, -0.15) is 0 Å². The maximum Gasteiger partial charge on any atom is 0.341 e. The molecule has 0 atom stereocenters. The zero-order valence-electron chi connectivity index (χ0n) is 9.02. The number of aromatic nitrogens is 1. The van der Waals surface area contributed by atoms with E-state index in [1.54, 1.807) is 6.92 Å². The van der Waals surface area contributed by atoms with Crippen LogP contribution >= 0.6 is 15.9 Å². The summed E-state index contributed by atoms with van der Waals surface area (Å²) in [6.07, 6.45) is -3.11. The van der Waals surface area contributed by atoms with Crippen LogP contribution in [-0.2, 0) is 4.74 Å². The smallest absolute Gasteiger partial charge is 0.341 e. The van der Waals surface area contributed by atoms with Gasteiger partial charge < -0.3 is 4.74 Å². The lowest BCUT2D eigenvalue weighted by molar-refractivity contribution is -0.386. The first-order chi connectivity index (χ1) is 8.38. The van der Waals surface area contributed by atoms with Crippen molar-refractivity contribution in [2.75, 3.05) is 6.61 Å². The molecule has 1 heterocycles. The second-order valence-electron chi connectivity index (χ2n) is 3.01. The average molecular weight is 325 g/mol. The lowest BCUT2D eigenvalue weighted by Crippen LogP contribution is -2.09. The largest absolute Gasteiger partial charge is 0.462 e. The van der Waals surface area contributed by atoms with Gasteiger partial charge in [-0.3, -0.25) is 10.1 Å². The fourth-order valence-electron chi connectivity index (χ4n) is 1.15. The van der Waals surface area contributed by atoms with Crippen molar-refractivity contribution in [3.8, 4) is 0 Å². The molecule has 1 aromatic rings. The summed E-state index contributed by atoms with van der Waals surface area (Å²) in [5.41, 5.74) is -2.19. The molecule has 0 N–H and O–H groups in total. The third kappa shape index (κ3) is 2.97. The summed E-state index contributed by atoms with van der Waals surface area (Å²) in [7, 11) is 0. The van der Waals surface area contributed by atoms with Crippen LogP contribution in [0.15, 0.2) is 10.7 Å². The van der Waals surface area contributed by atoms with Gasteiger partial charge in [0, 0.05) is 6.07 Å². The Labute approximate surface area is 108 Å². The summed E-state index contributed by atoms with van der Waals surface area (Å²) in [5.74, 6) is -0.874. The molecule has 0 aliphatic heterocycles. The van der Waals surface area contributed by atoms with Gasteiger partial charge in [-0.25, -0.2) is 18.6 Å². The Balaban J connectivity index is 3.36. The van der Waals surface area contributed by atoms with E-state index < -0.39 is 28.7 Å². The number of rotatable bonds is 4. The Morgan fingerprint density at radius 2 is 2.28 bits per heavy atom. The highest BCUT2D eigenvalue weighted by atomic mass is 79.9. The van der Waals surface area contributed by atoms with Crippen molar-refractivity contribution in [3.63, 3.8) is 0 Å². The zero-order valence-corrected chi connectivity index (χ0v) is 10.6. The molecule has 1 aromatic heterocycles. The van der Waals surface area contributed by atoms with Crippen molar-refractivity contribution in [1.82, 2.24) is 4.98 Å². The molecular formula is C9H7BrF2N2O4. The lowest BCUT2D eigenvalue weighted by Gasteiger charge is -2.06. The third-order valence-corrected chi connectivity index (χ3v) is 2.49. The van der Waals surface area contributed by atoms with Crippen LogP contribution in [0.25, 0.3) is 0 Å². The van der Waals surface area contributed by atoms with E-state index in [0.717, 1.165) is 6.07 Å². The average Bonchev–Trinajstić information content (AvgIpc) is 2.28. The standard InChI is InChI=1S/C9H7BrF2N2O4/c1-2-18-9(15)4-3-5(14(16)17)6(8(11)12)13-7(4)10/h3,8H,2H2,1H3. The van der Waals surface area contributed by atoms with Crippen molar-refractivity contribution >= 4 is 27.6 Å². The van der Waals surface area contributed by atoms with Crippen LogP contribution in [0.1, 0.15) is 29.4 Å². The van der Waals surface area contributed by atoms with Gasteiger partial charge in [0.05, 0.1) is 17.1 Å². The summed E-state index contributed by atoms with van der Waals surface area (Å²) < 4.78 is 29.5. The van der Waals surface area contributed by atoms with E-state index in [0.29, 0.717) is 0 Å². The molecule has 0 saturated carbocycles. The van der Waals surface area contributed by atoms with E-state index in [1.165, 1.54) is 0 Å². The van der Waals surface area contributed by atoms with Gasteiger partial charge in [0.25, 0.3) is 12.1 Å². The van der Waals surface area contributed by atoms with Crippen LogP contribution in [0.5, 0.6) is 0 Å². The monoisotopic (exact) mass is 324 g/mol. The predicted molar refractivity (Wildman–Crippen MR) is 59.5 cm³/mol. The normalized spacial score (nSPS) is 10.5. The summed E-state index contributed by atoms with van der Waals surface area (Å²) in [6.45, 7) is 1.59. The Morgan fingerprint density at radius 1 is 1.67 bits per heavy atom. The Hall–Kier alpha value is -1.64. The number of carbonyl (C=O) groups is 1. The Kier molecular flexibility index (Phi) is 4.65. The number of esters is 1. The van der Waals surface area contributed by atoms with Gasteiger partial charge in [-0.15, -0.1) is 0 Å². The highest BCUT2D eigenvalue weighted by Gasteiger charge is 2.28. The van der Waals surface area contributed by atoms with Crippen molar-refractivity contribution in [3.05, 3.63) is 32.0 Å². The van der Waals surface area contributed by atoms with Crippen LogP contribution in [0.3, 0.4) is 0 Å². The minimum Gasteiger partial charge on any atom is -0.462 e. The van der Waals surface area contributed by atoms with Gasteiger partial charge in [0.1, 0.15) is 4.60 Å². The van der Waals surface area contributed by atoms with Crippen LogP contribution in [0, 0.1) is 10.1 Å². The van der Waals surface area contributed by atoms with Gasteiger partial charge in [0.15, 0.2) is 5.69 Å². The van der Waals surface area contributed by atoms with Crippen molar-refractivity contribution < 1.29 is 23.2 Å². The number of halogens is 3. The summed E-state index contributed by atoms with van der Waals surface area (Å²) in [4.78, 5) is 24.4. The van der Waals surface area contributed by atoms with Crippen LogP contribution < -0.4 is 0 Å². The Bertz CT molecular complexity index is 496. The number of hydrogen-bond donors (Lipinski definition) is 0. The number of nitrogens with zero attached hydrogens (tertiary/aromatic N) is 2. The maximum absolute atomic E-state index is 12.5. The summed E-state index contributed by atoms with van der Waals surface area (Å²) >= 11 is 2.80. The van der Waals surface area contributed by atoms with Gasteiger partial charge in [0.2, 0.25) is 0 Å². The maximum atomic E-state index is 12.5. The molecule has 0 aliphatic rings. The van der Waals surface area contributed by atoms with E-state index in [-0.39, 0.29) is 16.8 Å². The second kappa shape index (κ2) is 5.80. The van der Waals surface area contributed by atoms with E-state index in [9.17, 15) is 23.7 Å². The second-order valence-corrected chi connectivity index (χ2v) is 3.76. The molecule has 98 valence electrons. The van der Waals surface area contributed by atoms with Crippen LogP contribution in [0.2, 0.25) is 0 Å². The molecule has 0 radical (unpaired) electrons. The predicted octanol–water partition coefficient (Wildman–Crippen LogP) is 2.87. The van der Waals surface area contributed by atoms with Crippen molar-refractivity contribution in [2.24, 2.45) is 0 Å². The molecule has 0 fully saturated rings. The topological polar surface area (TPSA) is 82.3 Å². The Morgan fingerprint density at radius 3 is 2.72 bits per heavy atom. The van der Waals surface area contributed by atoms with Gasteiger partial charge in [-0.05, 0) is 22.9 Å². The summed E-state index contributed by atoms with van der Waals surface area (Å²) in [5, 5.41) is 10.6. The number of alkyl halides is 2. The van der Waals surface area contributed by atoms with E-state index in [2.05, 4.69) is 25.7 Å². The van der Waals surface area contributed by atoms with E-state index >= 15 is 0 Å². The minimum atomic E-state index is -3.11. The van der Waals surface area contributed by atoms with Gasteiger partial charge in [-0.1, -0.05) is 0 Å². The first-order valence-electron chi connectivity index (χ1n) is 4.68. The molecular weight excluding hydrogens is 318 g/mol. The molecule has 9 heteroatoms. The quantitative estimate of drug-likeness (QED) is 0.368. The lowest BCUT2D eigenvalue weighted by atomic mass is 10.2. The van der Waals surface area contributed by atoms with Crippen molar-refractivity contribution in [2.45, 2.75) is 13.3 Å². The molecule has 0 aliphatic carbocycles. The van der Waals surface area contributed by atoms with E-state index in [4.69, 9.17) is 0 Å². The molecule has 0 unspecified atom stereocenters. The highest BCUT2D eigenvalue weighted by Crippen LogP contribution is 2.31. The first kappa shape index (κ1) is 14.4. The molecule has 0 aromatic carbocycles. The molecule has 0 amide bonds. The zero-order chi connectivity index (χ0) is 13.9. The van der Waals surface area contributed by atoms with Crippen LogP contribution in [0.4, 0.5) is 14.5 Å². The molecule has 0 saturated heterocycles.